The van der Waals surface area contributed by atoms with E-state index in [9.17, 15) is 4.79 Å². The van der Waals surface area contributed by atoms with E-state index in [2.05, 4.69) is 40.2 Å². The van der Waals surface area contributed by atoms with Crippen LogP contribution in [0.2, 0.25) is 0 Å². The smallest absolute Gasteiger partial charge is 0.319 e. The molecule has 1 fully saturated rings. The number of aromatic nitrogens is 2. The lowest BCUT2D eigenvalue weighted by Crippen LogP contribution is -2.41. The maximum Gasteiger partial charge on any atom is 0.323 e. The van der Waals surface area contributed by atoms with Crippen molar-refractivity contribution in [2.24, 2.45) is 0 Å². The minimum atomic E-state index is -0.0474. The van der Waals surface area contributed by atoms with Crippen LogP contribution in [0.15, 0.2) is 28.7 Å². The second kappa shape index (κ2) is 6.59. The summed E-state index contributed by atoms with van der Waals surface area (Å²) in [4.78, 5) is 14.7. The number of benzene rings is 1. The van der Waals surface area contributed by atoms with Gasteiger partial charge in [-0.3, -0.25) is 5.32 Å². The van der Waals surface area contributed by atoms with Crippen molar-refractivity contribution in [1.29, 1.82) is 0 Å². The number of urea groups is 1. The number of hydrogen-bond acceptors (Lipinski definition) is 2. The quantitative estimate of drug-likeness (QED) is 0.810. The van der Waals surface area contributed by atoms with Crippen LogP contribution in [-0.2, 0) is 0 Å². The third-order valence-electron chi connectivity index (χ3n) is 4.84. The fourth-order valence-electron chi connectivity index (χ4n) is 3.28. The van der Waals surface area contributed by atoms with Crippen LogP contribution in [-0.4, -0.2) is 32.8 Å². The highest BCUT2D eigenvalue weighted by Crippen LogP contribution is 2.27. The van der Waals surface area contributed by atoms with Crippen molar-refractivity contribution in [3.63, 3.8) is 0 Å². The molecule has 3 rings (SSSR count). The topological polar surface area (TPSA) is 50.2 Å². The van der Waals surface area contributed by atoms with E-state index in [0.717, 1.165) is 40.1 Å². The van der Waals surface area contributed by atoms with Gasteiger partial charge in [0.15, 0.2) is 0 Å². The van der Waals surface area contributed by atoms with E-state index in [1.165, 1.54) is 0 Å². The highest BCUT2D eigenvalue weighted by Gasteiger charge is 2.32. The van der Waals surface area contributed by atoms with Gasteiger partial charge in [0, 0.05) is 22.1 Å². The van der Waals surface area contributed by atoms with E-state index in [-0.39, 0.29) is 18.1 Å². The summed E-state index contributed by atoms with van der Waals surface area (Å²) in [7, 11) is 0. The third-order valence-corrected chi connectivity index (χ3v) is 5.37. The number of carbonyl (C=O) groups excluding carboxylic acids is 1. The molecule has 128 valence electrons. The molecule has 0 bridgehead atoms. The zero-order valence-electron chi connectivity index (χ0n) is 14.5. The van der Waals surface area contributed by atoms with Crippen LogP contribution < -0.4 is 5.32 Å². The minimum Gasteiger partial charge on any atom is -0.319 e. The number of anilines is 1. The monoisotopic (exact) mass is 390 g/mol. The summed E-state index contributed by atoms with van der Waals surface area (Å²) >= 11 is 3.45. The molecular formula is C18H23BrN4O. The van der Waals surface area contributed by atoms with Gasteiger partial charge in [-0.2, -0.15) is 5.10 Å². The zero-order valence-corrected chi connectivity index (χ0v) is 16.1. The Balaban J connectivity index is 1.93. The van der Waals surface area contributed by atoms with E-state index >= 15 is 0 Å². The molecule has 2 amide bonds. The number of hydrogen-bond donors (Lipinski definition) is 1. The van der Waals surface area contributed by atoms with Gasteiger partial charge in [-0.1, -0.05) is 15.9 Å². The van der Waals surface area contributed by atoms with Gasteiger partial charge in [0.1, 0.15) is 5.82 Å². The van der Waals surface area contributed by atoms with Crippen molar-refractivity contribution >= 4 is 27.8 Å². The fraction of sp³-hybridized carbons (Fsp3) is 0.444. The first-order valence-corrected chi connectivity index (χ1v) is 9.09. The number of nitrogens with one attached hydrogen (secondary N) is 1. The lowest BCUT2D eigenvalue weighted by Gasteiger charge is -2.26. The van der Waals surface area contributed by atoms with Gasteiger partial charge in [0.05, 0.1) is 11.4 Å². The zero-order chi connectivity index (χ0) is 17.4. The van der Waals surface area contributed by atoms with E-state index in [4.69, 9.17) is 0 Å². The number of aryl methyl sites for hydroxylation is 1. The summed E-state index contributed by atoms with van der Waals surface area (Å²) in [5.41, 5.74) is 2.83. The molecule has 6 heteroatoms. The summed E-state index contributed by atoms with van der Waals surface area (Å²) in [6.07, 6.45) is 2.11. The van der Waals surface area contributed by atoms with Gasteiger partial charge in [-0.05, 0) is 64.8 Å². The molecule has 1 saturated heterocycles. The molecule has 1 aliphatic rings. The van der Waals surface area contributed by atoms with Crippen molar-refractivity contribution in [3.05, 3.63) is 40.0 Å². The summed E-state index contributed by atoms with van der Waals surface area (Å²) in [6, 6.07) is 8.39. The van der Waals surface area contributed by atoms with Crippen molar-refractivity contribution in [3.8, 4) is 5.69 Å². The Morgan fingerprint density at radius 1 is 1.17 bits per heavy atom. The largest absolute Gasteiger partial charge is 0.323 e. The van der Waals surface area contributed by atoms with Gasteiger partial charge >= 0.3 is 6.03 Å². The molecule has 2 heterocycles. The number of amides is 2. The fourth-order valence-corrected chi connectivity index (χ4v) is 3.55. The molecule has 0 saturated carbocycles. The van der Waals surface area contributed by atoms with E-state index in [0.29, 0.717) is 0 Å². The maximum absolute atomic E-state index is 12.8. The van der Waals surface area contributed by atoms with Crippen LogP contribution in [0.5, 0.6) is 0 Å². The SMILES string of the molecule is Cc1nn(-c2ccc(Br)cc2)c(NC(=O)N2C(C)CCC2C)c1C. The minimum absolute atomic E-state index is 0.0474. The lowest BCUT2D eigenvalue weighted by atomic mass is 10.2. The standard InChI is InChI=1S/C18H23BrN4O/c1-11-5-6-12(2)22(11)18(24)20-17-13(3)14(4)21-23(17)16-9-7-15(19)8-10-16/h7-12H,5-6H2,1-4H3,(H,20,24). The Morgan fingerprint density at radius 2 is 1.75 bits per heavy atom. The lowest BCUT2D eigenvalue weighted by molar-refractivity contribution is 0.194. The second-order valence-corrected chi connectivity index (χ2v) is 7.48. The summed E-state index contributed by atoms with van der Waals surface area (Å²) in [6.45, 7) is 8.16. The Kier molecular flexibility index (Phi) is 4.67. The molecule has 1 aromatic heterocycles. The summed E-state index contributed by atoms with van der Waals surface area (Å²) in [5, 5.41) is 7.69. The first-order chi connectivity index (χ1) is 11.4. The number of halogens is 1. The molecule has 0 spiro atoms. The predicted octanol–water partition coefficient (Wildman–Crippen LogP) is 4.66. The second-order valence-electron chi connectivity index (χ2n) is 6.56. The molecule has 24 heavy (non-hydrogen) atoms. The number of likely N-dealkylation sites (tertiary alicyclic amines) is 1. The van der Waals surface area contributed by atoms with Crippen molar-refractivity contribution < 1.29 is 4.79 Å². The Labute approximate surface area is 151 Å². The van der Waals surface area contributed by atoms with Gasteiger partial charge in [-0.15, -0.1) is 0 Å². The molecular weight excluding hydrogens is 368 g/mol. The van der Waals surface area contributed by atoms with E-state index in [1.807, 2.05) is 43.0 Å². The van der Waals surface area contributed by atoms with Crippen LogP contribution in [0.4, 0.5) is 10.6 Å². The summed E-state index contributed by atoms with van der Waals surface area (Å²) in [5.74, 6) is 0.742. The van der Waals surface area contributed by atoms with Gasteiger partial charge in [0.25, 0.3) is 0 Å². The number of carbonyl (C=O) groups is 1. The van der Waals surface area contributed by atoms with Gasteiger partial charge in [-0.25, -0.2) is 9.48 Å². The van der Waals surface area contributed by atoms with Gasteiger partial charge < -0.3 is 4.90 Å². The molecule has 0 radical (unpaired) electrons. The average molecular weight is 391 g/mol. The average Bonchev–Trinajstić information content (AvgIpc) is 3.02. The van der Waals surface area contributed by atoms with Crippen molar-refractivity contribution in [2.45, 2.75) is 52.6 Å². The predicted molar refractivity (Wildman–Crippen MR) is 99.8 cm³/mol. The highest BCUT2D eigenvalue weighted by atomic mass is 79.9. The third kappa shape index (κ3) is 3.07. The van der Waals surface area contributed by atoms with Crippen molar-refractivity contribution in [2.75, 3.05) is 5.32 Å². The molecule has 2 unspecified atom stereocenters. The molecule has 2 aromatic rings. The molecule has 2 atom stereocenters. The molecule has 1 aromatic carbocycles. The first-order valence-electron chi connectivity index (χ1n) is 8.30. The Morgan fingerprint density at radius 3 is 2.33 bits per heavy atom. The van der Waals surface area contributed by atoms with E-state index < -0.39 is 0 Å². The van der Waals surface area contributed by atoms with Crippen LogP contribution in [0.3, 0.4) is 0 Å². The highest BCUT2D eigenvalue weighted by molar-refractivity contribution is 9.10. The van der Waals surface area contributed by atoms with Crippen LogP contribution in [0, 0.1) is 13.8 Å². The number of nitrogens with zero attached hydrogens (tertiary/aromatic N) is 3. The normalized spacial score (nSPS) is 20.5. The van der Waals surface area contributed by atoms with E-state index in [1.54, 1.807) is 4.68 Å². The van der Waals surface area contributed by atoms with Crippen LogP contribution in [0.1, 0.15) is 37.9 Å². The molecule has 1 N–H and O–H groups in total. The van der Waals surface area contributed by atoms with Gasteiger partial charge in [0.2, 0.25) is 0 Å². The van der Waals surface area contributed by atoms with Crippen molar-refractivity contribution in [1.82, 2.24) is 14.7 Å². The van der Waals surface area contributed by atoms with Crippen LogP contribution in [0.25, 0.3) is 5.69 Å². The maximum atomic E-state index is 12.8. The Bertz CT molecular complexity index is 743. The molecule has 5 nitrogen and oxygen atoms in total. The summed E-state index contributed by atoms with van der Waals surface area (Å²) < 4.78 is 2.82. The Hall–Kier alpha value is -1.82. The molecule has 0 aliphatic carbocycles. The first kappa shape index (κ1) is 17.0. The molecule has 1 aliphatic heterocycles. The number of rotatable bonds is 2. The van der Waals surface area contributed by atoms with Crippen LogP contribution >= 0.6 is 15.9 Å².